The van der Waals surface area contributed by atoms with Gasteiger partial charge in [0.1, 0.15) is 5.82 Å². The Morgan fingerprint density at radius 1 is 1.24 bits per heavy atom. The van der Waals surface area contributed by atoms with Crippen LogP contribution in [0.5, 0.6) is 0 Å². The van der Waals surface area contributed by atoms with Crippen LogP contribution in [0.15, 0.2) is 54.9 Å². The zero-order valence-corrected chi connectivity index (χ0v) is 13.1. The number of fused-ring (bicyclic) bond motifs is 1. The molecule has 1 amide bonds. The summed E-state index contributed by atoms with van der Waals surface area (Å²) in [6.07, 6.45) is 4.31. The topological polar surface area (TPSA) is 98.0 Å². The highest BCUT2D eigenvalue weighted by Gasteiger charge is 2.44. The molecule has 2 heterocycles. The third-order valence-electron chi connectivity index (χ3n) is 4.37. The van der Waals surface area contributed by atoms with E-state index >= 15 is 0 Å². The normalized spacial score (nSPS) is 18.7. The van der Waals surface area contributed by atoms with E-state index in [4.69, 9.17) is 0 Å². The van der Waals surface area contributed by atoms with E-state index in [1.807, 2.05) is 12.1 Å². The number of amides is 1. The molecule has 4 rings (SSSR count). The minimum Gasteiger partial charge on any atom is -0.310 e. The summed E-state index contributed by atoms with van der Waals surface area (Å²) >= 11 is 0. The molecule has 124 valence electrons. The summed E-state index contributed by atoms with van der Waals surface area (Å²) in [5.74, 6) is 0.515. The zero-order chi connectivity index (χ0) is 17.4. The van der Waals surface area contributed by atoms with E-state index in [1.165, 1.54) is 12.1 Å². The minimum absolute atomic E-state index is 0.0170. The van der Waals surface area contributed by atoms with Gasteiger partial charge in [-0.15, -0.1) is 0 Å². The number of nitrogens with one attached hydrogen (secondary N) is 1. The summed E-state index contributed by atoms with van der Waals surface area (Å²) in [5.41, 5.74) is 1.69. The molecule has 0 saturated heterocycles. The van der Waals surface area contributed by atoms with E-state index in [2.05, 4.69) is 15.3 Å². The number of hydrogen-bond donors (Lipinski definition) is 1. The maximum Gasteiger partial charge on any atom is 0.270 e. The van der Waals surface area contributed by atoms with Crippen LogP contribution in [-0.2, 0) is 4.79 Å². The second-order valence-corrected chi connectivity index (χ2v) is 6.05. The van der Waals surface area contributed by atoms with Gasteiger partial charge in [-0.2, -0.15) is 0 Å². The number of pyridine rings is 2. The van der Waals surface area contributed by atoms with E-state index < -0.39 is 4.92 Å². The molecular weight excluding hydrogens is 320 g/mol. The first kappa shape index (κ1) is 15.2. The second-order valence-electron chi connectivity index (χ2n) is 6.05. The number of rotatable bonds is 4. The Kier molecular flexibility index (Phi) is 3.61. The van der Waals surface area contributed by atoms with Crippen LogP contribution in [0.25, 0.3) is 10.9 Å². The molecule has 0 spiro atoms. The van der Waals surface area contributed by atoms with Crippen LogP contribution in [0.2, 0.25) is 0 Å². The Morgan fingerprint density at radius 2 is 2.12 bits per heavy atom. The zero-order valence-electron chi connectivity index (χ0n) is 13.1. The van der Waals surface area contributed by atoms with E-state index in [9.17, 15) is 14.9 Å². The van der Waals surface area contributed by atoms with Gasteiger partial charge in [0, 0.05) is 35.8 Å². The molecule has 25 heavy (non-hydrogen) atoms. The van der Waals surface area contributed by atoms with Crippen molar-refractivity contribution in [1.29, 1.82) is 0 Å². The predicted molar refractivity (Wildman–Crippen MR) is 92.1 cm³/mol. The number of nitrogens with zero attached hydrogens (tertiary/aromatic N) is 3. The third kappa shape index (κ3) is 3.03. The van der Waals surface area contributed by atoms with Crippen molar-refractivity contribution in [1.82, 2.24) is 9.97 Å². The molecule has 2 aromatic heterocycles. The highest BCUT2D eigenvalue weighted by Crippen LogP contribution is 2.47. The highest BCUT2D eigenvalue weighted by atomic mass is 16.6. The molecule has 0 unspecified atom stereocenters. The maximum absolute atomic E-state index is 12.4. The largest absolute Gasteiger partial charge is 0.310 e. The Balaban J connectivity index is 1.48. The number of hydrogen-bond acceptors (Lipinski definition) is 5. The average molecular weight is 334 g/mol. The number of anilines is 1. The first-order chi connectivity index (χ1) is 12.1. The number of carbonyl (C=O) groups excluding carboxylic acids is 1. The fourth-order valence-electron chi connectivity index (χ4n) is 2.96. The quantitative estimate of drug-likeness (QED) is 0.583. The van der Waals surface area contributed by atoms with Crippen molar-refractivity contribution in [2.45, 2.75) is 12.3 Å². The summed E-state index contributed by atoms with van der Waals surface area (Å²) < 4.78 is 0. The van der Waals surface area contributed by atoms with Gasteiger partial charge in [-0.3, -0.25) is 19.9 Å². The van der Waals surface area contributed by atoms with Crippen LogP contribution in [0, 0.1) is 16.0 Å². The number of carbonyl (C=O) groups is 1. The molecule has 0 bridgehead atoms. The lowest BCUT2D eigenvalue weighted by Gasteiger charge is -2.06. The molecule has 3 aromatic rings. The van der Waals surface area contributed by atoms with Crippen LogP contribution in [0.1, 0.15) is 17.9 Å². The monoisotopic (exact) mass is 334 g/mol. The Hall–Kier alpha value is -3.35. The van der Waals surface area contributed by atoms with E-state index in [0.29, 0.717) is 16.7 Å². The number of nitro groups is 1. The van der Waals surface area contributed by atoms with Crippen molar-refractivity contribution in [3.05, 3.63) is 70.5 Å². The van der Waals surface area contributed by atoms with Crippen molar-refractivity contribution in [3.8, 4) is 0 Å². The summed E-state index contributed by atoms with van der Waals surface area (Å²) in [4.78, 5) is 31.2. The summed E-state index contributed by atoms with van der Waals surface area (Å²) in [5, 5.41) is 14.3. The Morgan fingerprint density at radius 3 is 2.88 bits per heavy atom. The van der Waals surface area contributed by atoms with Gasteiger partial charge in [-0.1, -0.05) is 6.07 Å². The molecule has 7 heteroatoms. The molecule has 1 N–H and O–H groups in total. The molecule has 1 saturated carbocycles. The van der Waals surface area contributed by atoms with Crippen LogP contribution in [-0.4, -0.2) is 20.8 Å². The highest BCUT2D eigenvalue weighted by molar-refractivity contribution is 5.95. The molecule has 1 fully saturated rings. The van der Waals surface area contributed by atoms with Crippen LogP contribution >= 0.6 is 0 Å². The van der Waals surface area contributed by atoms with Crippen LogP contribution in [0.4, 0.5) is 11.5 Å². The fourth-order valence-corrected chi connectivity index (χ4v) is 2.96. The summed E-state index contributed by atoms with van der Waals surface area (Å²) in [6.45, 7) is 0. The number of non-ortho nitro benzene ring substituents is 1. The predicted octanol–water partition coefficient (Wildman–Crippen LogP) is 3.28. The van der Waals surface area contributed by atoms with Crippen LogP contribution < -0.4 is 5.32 Å². The SMILES string of the molecule is O=C(Nc1ccc2cc([N+](=O)[O-])ccc2n1)[C@@H]1C[C@H]1c1cccnc1. The molecular formula is C18H14N4O3. The maximum atomic E-state index is 12.4. The Bertz CT molecular complexity index is 974. The second kappa shape index (κ2) is 5.94. The molecule has 1 aromatic carbocycles. The fraction of sp³-hybridized carbons (Fsp3) is 0.167. The Labute approximate surface area is 142 Å². The van der Waals surface area contributed by atoms with E-state index in [1.54, 1.807) is 30.6 Å². The van der Waals surface area contributed by atoms with Crippen molar-refractivity contribution < 1.29 is 9.72 Å². The van der Waals surface area contributed by atoms with Gasteiger partial charge in [0.2, 0.25) is 5.91 Å². The van der Waals surface area contributed by atoms with Gasteiger partial charge in [0.15, 0.2) is 0 Å². The van der Waals surface area contributed by atoms with Gasteiger partial charge >= 0.3 is 0 Å². The lowest BCUT2D eigenvalue weighted by atomic mass is 10.1. The van der Waals surface area contributed by atoms with E-state index in [0.717, 1.165) is 12.0 Å². The molecule has 1 aliphatic carbocycles. The average Bonchev–Trinajstić information content (AvgIpc) is 3.43. The van der Waals surface area contributed by atoms with Crippen molar-refractivity contribution >= 4 is 28.3 Å². The molecule has 0 aliphatic heterocycles. The van der Waals surface area contributed by atoms with Crippen molar-refractivity contribution in [2.24, 2.45) is 5.92 Å². The number of nitro benzene ring substituents is 1. The smallest absolute Gasteiger partial charge is 0.270 e. The van der Waals surface area contributed by atoms with Crippen molar-refractivity contribution in [2.75, 3.05) is 5.32 Å². The minimum atomic E-state index is -0.444. The summed E-state index contributed by atoms with van der Waals surface area (Å²) in [6, 6.07) is 11.7. The van der Waals surface area contributed by atoms with E-state index in [-0.39, 0.29) is 23.4 Å². The molecule has 0 radical (unpaired) electrons. The van der Waals surface area contributed by atoms with Crippen LogP contribution in [0.3, 0.4) is 0 Å². The standard InChI is InChI=1S/C18H14N4O3/c23-18(15-9-14(15)12-2-1-7-19-10-12)21-17-6-3-11-8-13(22(24)25)4-5-16(11)20-17/h1-8,10,14-15H,9H2,(H,20,21,23)/t14-,15+/m0/s1. The lowest BCUT2D eigenvalue weighted by Crippen LogP contribution is -2.15. The first-order valence-electron chi connectivity index (χ1n) is 7.88. The number of aromatic nitrogens is 2. The summed E-state index contributed by atoms with van der Waals surface area (Å²) in [7, 11) is 0. The van der Waals surface area contributed by atoms with Crippen molar-refractivity contribution in [3.63, 3.8) is 0 Å². The molecule has 2 atom stereocenters. The van der Waals surface area contributed by atoms with Gasteiger partial charge in [-0.05, 0) is 42.2 Å². The van der Waals surface area contributed by atoms with Gasteiger partial charge in [0.25, 0.3) is 5.69 Å². The van der Waals surface area contributed by atoms with Gasteiger partial charge in [-0.25, -0.2) is 4.98 Å². The molecule has 7 nitrogen and oxygen atoms in total. The lowest BCUT2D eigenvalue weighted by molar-refractivity contribution is -0.384. The molecule has 1 aliphatic rings. The van der Waals surface area contributed by atoms with Gasteiger partial charge < -0.3 is 5.32 Å². The van der Waals surface area contributed by atoms with Gasteiger partial charge in [0.05, 0.1) is 10.4 Å². The number of benzene rings is 1. The first-order valence-corrected chi connectivity index (χ1v) is 7.88. The third-order valence-corrected chi connectivity index (χ3v) is 4.37.